The van der Waals surface area contributed by atoms with Crippen molar-refractivity contribution in [2.75, 3.05) is 6.54 Å². The van der Waals surface area contributed by atoms with E-state index in [0.717, 1.165) is 13.0 Å². The lowest BCUT2D eigenvalue weighted by atomic mass is 10.3. The maximum Gasteiger partial charge on any atom is 0.260 e. The number of para-hydroxylation sites is 1. The van der Waals surface area contributed by atoms with Crippen molar-refractivity contribution in [3.05, 3.63) is 48.0 Å². The SMILES string of the molecule is C[C@H](Oc1ccccc1Cl)C(=O)NCCCn1ccnc1. The minimum absolute atomic E-state index is 0.152. The highest BCUT2D eigenvalue weighted by molar-refractivity contribution is 6.32. The Balaban J connectivity index is 1.71. The summed E-state index contributed by atoms with van der Waals surface area (Å²) in [4.78, 5) is 15.9. The number of aryl methyl sites for hydroxylation is 1. The molecular formula is C15H18ClN3O2. The van der Waals surface area contributed by atoms with Crippen LogP contribution in [-0.2, 0) is 11.3 Å². The molecule has 1 heterocycles. The van der Waals surface area contributed by atoms with Gasteiger partial charge in [0.05, 0.1) is 11.3 Å². The van der Waals surface area contributed by atoms with Gasteiger partial charge in [0.25, 0.3) is 5.91 Å². The summed E-state index contributed by atoms with van der Waals surface area (Å²) in [7, 11) is 0. The first kappa shape index (κ1) is 15.4. The molecule has 6 heteroatoms. The molecular weight excluding hydrogens is 290 g/mol. The smallest absolute Gasteiger partial charge is 0.260 e. The molecule has 0 spiro atoms. The van der Waals surface area contributed by atoms with Crippen LogP contribution < -0.4 is 10.1 Å². The third-order valence-electron chi connectivity index (χ3n) is 2.96. The van der Waals surface area contributed by atoms with E-state index in [1.54, 1.807) is 31.6 Å². The summed E-state index contributed by atoms with van der Waals surface area (Å²) in [6.07, 6.45) is 5.63. The number of hydrogen-bond donors (Lipinski definition) is 1. The van der Waals surface area contributed by atoms with Crippen LogP contribution in [0.3, 0.4) is 0 Å². The fraction of sp³-hybridized carbons (Fsp3) is 0.333. The van der Waals surface area contributed by atoms with Crippen molar-refractivity contribution in [3.63, 3.8) is 0 Å². The number of halogens is 1. The Morgan fingerprint density at radius 2 is 2.29 bits per heavy atom. The Bertz CT molecular complexity index is 572. The largest absolute Gasteiger partial charge is 0.479 e. The number of benzene rings is 1. The van der Waals surface area contributed by atoms with Gasteiger partial charge in [-0.15, -0.1) is 0 Å². The van der Waals surface area contributed by atoms with E-state index in [1.165, 1.54) is 0 Å². The van der Waals surface area contributed by atoms with Crippen molar-refractivity contribution >= 4 is 17.5 Å². The molecule has 1 N–H and O–H groups in total. The van der Waals surface area contributed by atoms with Gasteiger partial charge in [0.1, 0.15) is 5.75 Å². The molecule has 0 fully saturated rings. The molecule has 1 aromatic heterocycles. The van der Waals surface area contributed by atoms with Gasteiger partial charge in [0.15, 0.2) is 6.10 Å². The van der Waals surface area contributed by atoms with Crippen molar-refractivity contribution in [2.45, 2.75) is 26.0 Å². The predicted octanol–water partition coefficient (Wildman–Crippen LogP) is 2.51. The zero-order valence-electron chi connectivity index (χ0n) is 11.8. The molecule has 0 aliphatic heterocycles. The van der Waals surface area contributed by atoms with E-state index < -0.39 is 6.10 Å². The van der Waals surface area contributed by atoms with E-state index in [4.69, 9.17) is 16.3 Å². The Kier molecular flexibility index (Phi) is 5.63. The number of nitrogens with one attached hydrogen (secondary N) is 1. The van der Waals surface area contributed by atoms with Gasteiger partial charge < -0.3 is 14.6 Å². The standard InChI is InChI=1S/C15H18ClN3O2/c1-12(21-14-6-3-2-5-13(14)16)15(20)18-7-4-9-19-10-8-17-11-19/h2-3,5-6,8,10-12H,4,7,9H2,1H3,(H,18,20)/t12-/m0/s1. The van der Waals surface area contributed by atoms with Crippen LogP contribution in [0.2, 0.25) is 5.02 Å². The fourth-order valence-corrected chi connectivity index (χ4v) is 2.00. The zero-order valence-corrected chi connectivity index (χ0v) is 12.6. The molecule has 0 aliphatic carbocycles. The monoisotopic (exact) mass is 307 g/mol. The zero-order chi connectivity index (χ0) is 15.1. The Morgan fingerprint density at radius 1 is 1.48 bits per heavy atom. The summed E-state index contributed by atoms with van der Waals surface area (Å²) in [5.41, 5.74) is 0. The predicted molar refractivity (Wildman–Crippen MR) is 81.4 cm³/mol. The van der Waals surface area contributed by atoms with Crippen LogP contribution in [0.4, 0.5) is 0 Å². The lowest BCUT2D eigenvalue weighted by Gasteiger charge is -2.15. The number of carbonyl (C=O) groups excluding carboxylic acids is 1. The highest BCUT2D eigenvalue weighted by Crippen LogP contribution is 2.24. The highest BCUT2D eigenvalue weighted by atomic mass is 35.5. The Labute approximate surface area is 128 Å². The van der Waals surface area contributed by atoms with Gasteiger partial charge in [0, 0.05) is 25.5 Å². The molecule has 2 rings (SSSR count). The summed E-state index contributed by atoms with van der Waals surface area (Å²) in [5, 5.41) is 3.34. The second-order valence-corrected chi connectivity index (χ2v) is 5.04. The van der Waals surface area contributed by atoms with Gasteiger partial charge in [-0.25, -0.2) is 4.98 Å². The maximum atomic E-state index is 11.9. The minimum atomic E-state index is -0.585. The van der Waals surface area contributed by atoms with E-state index in [1.807, 2.05) is 22.9 Å². The molecule has 2 aromatic rings. The third-order valence-corrected chi connectivity index (χ3v) is 3.27. The molecule has 112 valence electrons. The van der Waals surface area contributed by atoms with Crippen molar-refractivity contribution in [1.29, 1.82) is 0 Å². The van der Waals surface area contributed by atoms with Crippen LogP contribution in [0.5, 0.6) is 5.75 Å². The molecule has 1 amide bonds. The molecule has 0 unspecified atom stereocenters. The van der Waals surface area contributed by atoms with E-state index >= 15 is 0 Å². The minimum Gasteiger partial charge on any atom is -0.479 e. The van der Waals surface area contributed by atoms with Crippen LogP contribution in [0.25, 0.3) is 0 Å². The lowest BCUT2D eigenvalue weighted by Crippen LogP contribution is -2.37. The third kappa shape index (κ3) is 4.79. The number of imidazole rings is 1. The van der Waals surface area contributed by atoms with Crippen LogP contribution in [-0.4, -0.2) is 28.1 Å². The summed E-state index contributed by atoms with van der Waals surface area (Å²) >= 11 is 5.99. The summed E-state index contributed by atoms with van der Waals surface area (Å²) in [6, 6.07) is 7.10. The number of carbonyl (C=O) groups is 1. The molecule has 0 saturated carbocycles. The number of ether oxygens (including phenoxy) is 1. The van der Waals surface area contributed by atoms with Crippen LogP contribution in [0.1, 0.15) is 13.3 Å². The summed E-state index contributed by atoms with van der Waals surface area (Å²) < 4.78 is 7.52. The topological polar surface area (TPSA) is 56.1 Å². The van der Waals surface area contributed by atoms with Crippen LogP contribution >= 0.6 is 11.6 Å². The number of amides is 1. The molecule has 5 nitrogen and oxygen atoms in total. The fourth-order valence-electron chi connectivity index (χ4n) is 1.82. The van der Waals surface area contributed by atoms with E-state index in [2.05, 4.69) is 10.3 Å². The summed E-state index contributed by atoms with van der Waals surface area (Å²) in [5.74, 6) is 0.362. The van der Waals surface area contributed by atoms with Crippen molar-refractivity contribution in [1.82, 2.24) is 14.9 Å². The first-order chi connectivity index (χ1) is 10.2. The number of nitrogens with zero attached hydrogens (tertiary/aromatic N) is 2. The van der Waals surface area contributed by atoms with Crippen molar-refractivity contribution < 1.29 is 9.53 Å². The van der Waals surface area contributed by atoms with E-state index in [-0.39, 0.29) is 5.91 Å². The number of rotatable bonds is 7. The number of hydrogen-bond acceptors (Lipinski definition) is 3. The molecule has 0 aliphatic rings. The van der Waals surface area contributed by atoms with Gasteiger partial charge in [-0.2, -0.15) is 0 Å². The normalized spacial score (nSPS) is 11.9. The van der Waals surface area contributed by atoms with Gasteiger partial charge in [0.2, 0.25) is 0 Å². The average Bonchev–Trinajstić information content (AvgIpc) is 2.99. The molecule has 0 saturated heterocycles. The second kappa shape index (κ2) is 7.69. The Morgan fingerprint density at radius 3 is 3.00 bits per heavy atom. The quantitative estimate of drug-likeness (QED) is 0.800. The highest BCUT2D eigenvalue weighted by Gasteiger charge is 2.15. The van der Waals surface area contributed by atoms with E-state index in [9.17, 15) is 4.79 Å². The molecule has 0 bridgehead atoms. The average molecular weight is 308 g/mol. The first-order valence-electron chi connectivity index (χ1n) is 6.81. The van der Waals surface area contributed by atoms with Gasteiger partial charge in [-0.1, -0.05) is 23.7 Å². The van der Waals surface area contributed by atoms with Crippen LogP contribution in [0.15, 0.2) is 43.0 Å². The van der Waals surface area contributed by atoms with Crippen molar-refractivity contribution in [2.24, 2.45) is 0 Å². The van der Waals surface area contributed by atoms with Crippen LogP contribution in [0, 0.1) is 0 Å². The molecule has 21 heavy (non-hydrogen) atoms. The molecule has 0 radical (unpaired) electrons. The Hall–Kier alpha value is -2.01. The first-order valence-corrected chi connectivity index (χ1v) is 7.19. The summed E-state index contributed by atoms with van der Waals surface area (Å²) in [6.45, 7) is 3.11. The van der Waals surface area contributed by atoms with Crippen molar-refractivity contribution in [3.8, 4) is 5.75 Å². The second-order valence-electron chi connectivity index (χ2n) is 4.64. The number of aromatic nitrogens is 2. The maximum absolute atomic E-state index is 11.9. The molecule has 1 aromatic carbocycles. The van der Waals surface area contributed by atoms with Gasteiger partial charge in [-0.05, 0) is 25.5 Å². The van der Waals surface area contributed by atoms with Gasteiger partial charge >= 0.3 is 0 Å². The molecule has 1 atom stereocenters. The van der Waals surface area contributed by atoms with Gasteiger partial charge in [-0.3, -0.25) is 4.79 Å². The lowest BCUT2D eigenvalue weighted by molar-refractivity contribution is -0.127. The van der Waals surface area contributed by atoms with E-state index in [0.29, 0.717) is 17.3 Å².